The molecule has 176 valence electrons. The Kier molecular flexibility index (Phi) is 7.11. The highest BCUT2D eigenvalue weighted by molar-refractivity contribution is 6.07. The predicted octanol–water partition coefficient (Wildman–Crippen LogP) is 5.15. The minimum absolute atomic E-state index is 0.160. The summed E-state index contributed by atoms with van der Waals surface area (Å²) in [5, 5.41) is 8.30. The van der Waals surface area contributed by atoms with E-state index in [-0.39, 0.29) is 5.91 Å². The molecule has 0 aliphatic rings. The lowest BCUT2D eigenvalue weighted by atomic mass is 10.0. The number of carbonyl (C=O) groups is 1. The van der Waals surface area contributed by atoms with Crippen molar-refractivity contribution >= 4 is 16.8 Å². The van der Waals surface area contributed by atoms with E-state index in [0.717, 1.165) is 40.0 Å². The van der Waals surface area contributed by atoms with Crippen molar-refractivity contribution in [3.05, 3.63) is 71.5 Å². The van der Waals surface area contributed by atoms with E-state index >= 15 is 0 Å². The van der Waals surface area contributed by atoms with Crippen molar-refractivity contribution in [3.8, 4) is 22.8 Å². The van der Waals surface area contributed by atoms with Crippen molar-refractivity contribution in [2.24, 2.45) is 0 Å². The summed E-state index contributed by atoms with van der Waals surface area (Å²) < 4.78 is 13.3. The Labute approximate surface area is 199 Å². The largest absolute Gasteiger partial charge is 0.490 e. The number of aryl methyl sites for hydroxylation is 1. The average Bonchev–Trinajstić information content (AvgIpc) is 3.23. The molecule has 2 aromatic heterocycles. The molecule has 2 aromatic carbocycles. The van der Waals surface area contributed by atoms with Gasteiger partial charge in [-0.1, -0.05) is 24.3 Å². The van der Waals surface area contributed by atoms with Gasteiger partial charge in [0.05, 0.1) is 36.2 Å². The van der Waals surface area contributed by atoms with Crippen LogP contribution in [-0.4, -0.2) is 33.9 Å². The fraction of sp³-hybridized carbons (Fsp3) is 0.296. The van der Waals surface area contributed by atoms with Crippen LogP contribution >= 0.6 is 0 Å². The second kappa shape index (κ2) is 10.4. The molecule has 7 nitrogen and oxygen atoms in total. The number of nitrogens with zero attached hydrogens (tertiary/aromatic N) is 3. The average molecular weight is 459 g/mol. The lowest BCUT2D eigenvalue weighted by molar-refractivity contribution is 0.0952. The third-order valence-electron chi connectivity index (χ3n) is 5.70. The Morgan fingerprint density at radius 1 is 1.00 bits per heavy atom. The van der Waals surface area contributed by atoms with Crippen molar-refractivity contribution in [1.29, 1.82) is 0 Å². The SMILES string of the molecule is CCOc1ccc(CNC(=O)c2cc(-c3cnn(CC)c3C)nc3ccccc23)cc1OCC. The van der Waals surface area contributed by atoms with Crippen LogP contribution in [0.5, 0.6) is 11.5 Å². The number of amides is 1. The monoisotopic (exact) mass is 458 g/mol. The molecular formula is C27H30N4O3. The van der Waals surface area contributed by atoms with E-state index in [1.807, 2.05) is 87.1 Å². The molecule has 0 saturated heterocycles. The van der Waals surface area contributed by atoms with Crippen molar-refractivity contribution in [2.45, 2.75) is 40.8 Å². The fourth-order valence-electron chi connectivity index (χ4n) is 4.00. The smallest absolute Gasteiger partial charge is 0.252 e. The second-order valence-electron chi connectivity index (χ2n) is 7.86. The summed E-state index contributed by atoms with van der Waals surface area (Å²) in [6.07, 6.45) is 1.81. The molecule has 0 bridgehead atoms. The van der Waals surface area contributed by atoms with Gasteiger partial charge in [0.1, 0.15) is 0 Å². The number of ether oxygens (including phenoxy) is 2. The number of rotatable bonds is 9. The summed E-state index contributed by atoms with van der Waals surface area (Å²) in [6.45, 7) is 10.2. The first-order valence-electron chi connectivity index (χ1n) is 11.6. The van der Waals surface area contributed by atoms with Gasteiger partial charge in [-0.3, -0.25) is 9.48 Å². The molecule has 7 heteroatoms. The van der Waals surface area contributed by atoms with E-state index in [1.165, 1.54) is 0 Å². The third-order valence-corrected chi connectivity index (χ3v) is 5.70. The van der Waals surface area contributed by atoms with Crippen molar-refractivity contribution < 1.29 is 14.3 Å². The van der Waals surface area contributed by atoms with Crippen molar-refractivity contribution in [1.82, 2.24) is 20.1 Å². The number of fused-ring (bicyclic) bond motifs is 1. The quantitative estimate of drug-likeness (QED) is 0.375. The molecule has 0 fully saturated rings. The Balaban J connectivity index is 1.63. The number of aromatic nitrogens is 3. The zero-order valence-corrected chi connectivity index (χ0v) is 20.1. The van der Waals surface area contributed by atoms with E-state index in [9.17, 15) is 4.79 Å². The van der Waals surface area contributed by atoms with Crippen LogP contribution in [0.25, 0.3) is 22.2 Å². The molecule has 0 atom stereocenters. The van der Waals surface area contributed by atoms with E-state index in [2.05, 4.69) is 10.4 Å². The van der Waals surface area contributed by atoms with Crippen LogP contribution in [0.15, 0.2) is 54.7 Å². The lowest BCUT2D eigenvalue weighted by Crippen LogP contribution is -2.23. The number of hydrogen-bond donors (Lipinski definition) is 1. The first-order valence-corrected chi connectivity index (χ1v) is 11.6. The van der Waals surface area contributed by atoms with Gasteiger partial charge in [0.2, 0.25) is 0 Å². The summed E-state index contributed by atoms with van der Waals surface area (Å²) >= 11 is 0. The number of para-hydroxylation sites is 1. The molecule has 4 rings (SSSR count). The first kappa shape index (κ1) is 23.3. The van der Waals surface area contributed by atoms with Gasteiger partial charge in [-0.15, -0.1) is 0 Å². The molecule has 0 radical (unpaired) electrons. The number of nitrogens with one attached hydrogen (secondary N) is 1. The highest BCUT2D eigenvalue weighted by Crippen LogP contribution is 2.29. The Bertz CT molecular complexity index is 1310. The number of pyridine rings is 1. The predicted molar refractivity (Wildman–Crippen MR) is 133 cm³/mol. The molecule has 1 amide bonds. The van der Waals surface area contributed by atoms with E-state index < -0.39 is 0 Å². The first-order chi connectivity index (χ1) is 16.5. The lowest BCUT2D eigenvalue weighted by Gasteiger charge is -2.14. The zero-order valence-electron chi connectivity index (χ0n) is 20.1. The zero-order chi connectivity index (χ0) is 24.1. The summed E-state index contributed by atoms with van der Waals surface area (Å²) in [6, 6.07) is 15.3. The molecule has 0 aliphatic heterocycles. The minimum atomic E-state index is -0.160. The molecule has 0 aliphatic carbocycles. The summed E-state index contributed by atoms with van der Waals surface area (Å²) in [4.78, 5) is 18.1. The number of carbonyl (C=O) groups excluding carboxylic acids is 1. The van der Waals surface area contributed by atoms with E-state index in [0.29, 0.717) is 36.8 Å². The van der Waals surface area contributed by atoms with Crippen LogP contribution in [0.4, 0.5) is 0 Å². The third kappa shape index (κ3) is 4.73. The molecule has 0 saturated carbocycles. The van der Waals surface area contributed by atoms with Gasteiger partial charge in [0, 0.05) is 29.7 Å². The number of hydrogen-bond acceptors (Lipinski definition) is 5. The molecule has 0 spiro atoms. The van der Waals surface area contributed by atoms with Crippen LogP contribution in [-0.2, 0) is 13.1 Å². The van der Waals surface area contributed by atoms with Gasteiger partial charge in [0.25, 0.3) is 5.91 Å². The highest BCUT2D eigenvalue weighted by Gasteiger charge is 2.17. The van der Waals surface area contributed by atoms with E-state index in [4.69, 9.17) is 14.5 Å². The van der Waals surface area contributed by atoms with E-state index in [1.54, 1.807) is 0 Å². The molecule has 0 unspecified atom stereocenters. The molecular weight excluding hydrogens is 428 g/mol. The fourth-order valence-corrected chi connectivity index (χ4v) is 4.00. The maximum absolute atomic E-state index is 13.3. The van der Waals surface area contributed by atoms with Gasteiger partial charge in [-0.25, -0.2) is 4.98 Å². The Morgan fingerprint density at radius 2 is 1.76 bits per heavy atom. The van der Waals surface area contributed by atoms with Crippen molar-refractivity contribution in [3.63, 3.8) is 0 Å². The Morgan fingerprint density at radius 3 is 2.50 bits per heavy atom. The maximum Gasteiger partial charge on any atom is 0.252 e. The normalized spacial score (nSPS) is 10.9. The standard InChI is InChI=1S/C27H30N4O3/c1-5-31-18(4)22(17-29-31)24-15-21(20-10-8-9-11-23(20)30-24)27(32)28-16-19-12-13-25(33-6-2)26(14-19)34-7-3/h8-15,17H,5-7,16H2,1-4H3,(H,28,32). The van der Waals surface area contributed by atoms with Crippen molar-refractivity contribution in [2.75, 3.05) is 13.2 Å². The van der Waals surface area contributed by atoms with Crippen LogP contribution in [0.2, 0.25) is 0 Å². The molecule has 2 heterocycles. The minimum Gasteiger partial charge on any atom is -0.490 e. The van der Waals surface area contributed by atoms with Gasteiger partial charge in [-0.2, -0.15) is 5.10 Å². The molecule has 34 heavy (non-hydrogen) atoms. The molecule has 1 N–H and O–H groups in total. The topological polar surface area (TPSA) is 78.3 Å². The summed E-state index contributed by atoms with van der Waals surface area (Å²) in [7, 11) is 0. The highest BCUT2D eigenvalue weighted by atomic mass is 16.5. The maximum atomic E-state index is 13.3. The summed E-state index contributed by atoms with van der Waals surface area (Å²) in [5.41, 5.74) is 4.97. The molecule has 4 aromatic rings. The summed E-state index contributed by atoms with van der Waals surface area (Å²) in [5.74, 6) is 1.22. The second-order valence-corrected chi connectivity index (χ2v) is 7.86. The van der Waals surface area contributed by atoms with Crippen LogP contribution in [0, 0.1) is 6.92 Å². The van der Waals surface area contributed by atoms with Gasteiger partial charge < -0.3 is 14.8 Å². The van der Waals surface area contributed by atoms with Gasteiger partial charge in [0.15, 0.2) is 11.5 Å². The number of benzene rings is 2. The van der Waals surface area contributed by atoms with Gasteiger partial charge in [-0.05, 0) is 57.5 Å². The Hall–Kier alpha value is -3.87. The van der Waals surface area contributed by atoms with Crippen LogP contribution < -0.4 is 14.8 Å². The van der Waals surface area contributed by atoms with Crippen LogP contribution in [0.3, 0.4) is 0 Å². The van der Waals surface area contributed by atoms with Crippen LogP contribution in [0.1, 0.15) is 42.4 Å². The van der Waals surface area contributed by atoms with Gasteiger partial charge >= 0.3 is 0 Å².